The molecule has 0 spiro atoms. The Balaban J connectivity index is 2.16. The van der Waals surface area contributed by atoms with Crippen LogP contribution in [-0.4, -0.2) is 21.4 Å². The molecular weight excluding hydrogens is 180 g/mol. The van der Waals surface area contributed by atoms with E-state index < -0.39 is 0 Å². The lowest BCUT2D eigenvalue weighted by Crippen LogP contribution is -2.26. The van der Waals surface area contributed by atoms with E-state index in [1.165, 1.54) is 23.9 Å². The number of nitrogen functional groups attached to an aromatic ring is 2. The van der Waals surface area contributed by atoms with Crippen molar-refractivity contribution in [2.24, 2.45) is 0 Å². The molecule has 6 nitrogen and oxygen atoms in total. The van der Waals surface area contributed by atoms with E-state index in [0.717, 1.165) is 18.8 Å². The summed E-state index contributed by atoms with van der Waals surface area (Å²) < 4.78 is 1.36. The summed E-state index contributed by atoms with van der Waals surface area (Å²) in [5.41, 5.74) is 5.52. The molecule has 1 aromatic rings. The molecule has 0 radical (unpaired) electrons. The molecule has 1 saturated heterocycles. The van der Waals surface area contributed by atoms with E-state index in [0.29, 0.717) is 0 Å². The molecule has 6 heteroatoms. The van der Waals surface area contributed by atoms with Crippen molar-refractivity contribution in [3.8, 4) is 0 Å². The predicted molar refractivity (Wildman–Crippen MR) is 53.8 cm³/mol. The summed E-state index contributed by atoms with van der Waals surface area (Å²) in [5, 5.41) is 11.1. The van der Waals surface area contributed by atoms with E-state index in [1.54, 1.807) is 0 Å². The number of aromatic nitrogens is 3. The lowest BCUT2D eigenvalue weighted by atomic mass is 10.1. The molecule has 2 heterocycles. The number of rotatable bonds is 1. The zero-order chi connectivity index (χ0) is 9.97. The highest BCUT2D eigenvalue weighted by molar-refractivity contribution is 5.18. The molecule has 1 fully saturated rings. The molecule has 1 atom stereocenters. The maximum atomic E-state index is 5.71. The van der Waals surface area contributed by atoms with Gasteiger partial charge in [-0.1, -0.05) is 12.8 Å². The van der Waals surface area contributed by atoms with Crippen molar-refractivity contribution in [2.45, 2.75) is 31.7 Å². The largest absolute Gasteiger partial charge is 0.366 e. The van der Waals surface area contributed by atoms with Crippen LogP contribution >= 0.6 is 0 Å². The van der Waals surface area contributed by atoms with Gasteiger partial charge in [0.1, 0.15) is 0 Å². The van der Waals surface area contributed by atoms with Gasteiger partial charge in [0, 0.05) is 0 Å². The van der Waals surface area contributed by atoms with E-state index in [4.69, 9.17) is 11.6 Å². The lowest BCUT2D eigenvalue weighted by molar-refractivity contribution is 0.497. The van der Waals surface area contributed by atoms with Crippen LogP contribution in [0.2, 0.25) is 0 Å². The highest BCUT2D eigenvalue weighted by Gasteiger charge is 2.19. The van der Waals surface area contributed by atoms with Crippen molar-refractivity contribution < 1.29 is 0 Å². The summed E-state index contributed by atoms with van der Waals surface area (Å²) in [5.74, 6) is 6.72. The van der Waals surface area contributed by atoms with Crippen LogP contribution in [0.5, 0.6) is 0 Å². The van der Waals surface area contributed by atoms with Gasteiger partial charge in [-0.3, -0.25) is 0 Å². The zero-order valence-corrected chi connectivity index (χ0v) is 8.11. The number of nitrogens with two attached hydrogens (primary N) is 2. The van der Waals surface area contributed by atoms with Crippen LogP contribution in [0, 0.1) is 0 Å². The first-order chi connectivity index (χ1) is 6.79. The van der Waals surface area contributed by atoms with Crippen LogP contribution in [0.15, 0.2) is 0 Å². The molecular formula is C8H16N6. The average Bonchev–Trinajstić information content (AvgIpc) is 2.47. The Morgan fingerprint density at radius 3 is 2.86 bits per heavy atom. The molecule has 1 aromatic heterocycles. The minimum atomic E-state index is 0.201. The quantitative estimate of drug-likeness (QED) is 0.540. The monoisotopic (exact) mass is 196 g/mol. The third-order valence-corrected chi connectivity index (χ3v) is 2.62. The summed E-state index contributed by atoms with van der Waals surface area (Å²) in [7, 11) is 0. The smallest absolute Gasteiger partial charge is 0.240 e. The van der Waals surface area contributed by atoms with Gasteiger partial charge in [-0.05, 0) is 19.4 Å². The first kappa shape index (κ1) is 9.26. The van der Waals surface area contributed by atoms with Crippen molar-refractivity contribution in [3.05, 3.63) is 5.82 Å². The maximum absolute atomic E-state index is 5.71. The van der Waals surface area contributed by atoms with E-state index in [2.05, 4.69) is 15.5 Å². The summed E-state index contributed by atoms with van der Waals surface area (Å²) >= 11 is 0. The number of hydrogen-bond donors (Lipinski definition) is 3. The van der Waals surface area contributed by atoms with Crippen molar-refractivity contribution in [1.82, 2.24) is 20.2 Å². The summed E-state index contributed by atoms with van der Waals surface area (Å²) in [6.45, 7) is 1.01. The lowest BCUT2D eigenvalue weighted by Gasteiger charge is -2.13. The van der Waals surface area contributed by atoms with Gasteiger partial charge in [0.05, 0.1) is 6.04 Å². The topological polar surface area (TPSA) is 94.8 Å². The van der Waals surface area contributed by atoms with Crippen LogP contribution in [0.25, 0.3) is 0 Å². The Morgan fingerprint density at radius 1 is 1.29 bits per heavy atom. The van der Waals surface area contributed by atoms with Gasteiger partial charge in [-0.15, -0.1) is 10.2 Å². The van der Waals surface area contributed by atoms with Crippen molar-refractivity contribution in [3.63, 3.8) is 0 Å². The van der Waals surface area contributed by atoms with Gasteiger partial charge in [-0.2, -0.15) is 0 Å². The van der Waals surface area contributed by atoms with Gasteiger partial charge < -0.3 is 16.9 Å². The molecule has 1 aliphatic rings. The fraction of sp³-hybridized carbons (Fsp3) is 0.750. The van der Waals surface area contributed by atoms with Crippen LogP contribution in [-0.2, 0) is 0 Å². The number of anilines is 1. The molecule has 78 valence electrons. The third kappa shape index (κ3) is 1.65. The summed E-state index contributed by atoms with van der Waals surface area (Å²) in [6, 6.07) is 0.201. The standard InChI is InChI=1S/C8H16N6/c9-8-13-12-7(14(8)10)6-4-2-1-3-5-11-6/h6,11H,1-5,10H2,(H2,9,13). The molecule has 0 bridgehead atoms. The molecule has 2 rings (SSSR count). The first-order valence-corrected chi connectivity index (χ1v) is 4.98. The minimum absolute atomic E-state index is 0.201. The van der Waals surface area contributed by atoms with Crippen molar-refractivity contribution >= 4 is 5.95 Å². The van der Waals surface area contributed by atoms with Crippen LogP contribution < -0.4 is 16.9 Å². The van der Waals surface area contributed by atoms with Crippen LogP contribution in [0.3, 0.4) is 0 Å². The normalized spacial score (nSPS) is 23.3. The first-order valence-electron chi connectivity index (χ1n) is 4.98. The maximum Gasteiger partial charge on any atom is 0.240 e. The predicted octanol–water partition coefficient (Wildman–Crippen LogP) is -0.221. The second kappa shape index (κ2) is 3.83. The third-order valence-electron chi connectivity index (χ3n) is 2.62. The molecule has 1 aliphatic heterocycles. The fourth-order valence-corrected chi connectivity index (χ4v) is 1.80. The van der Waals surface area contributed by atoms with Gasteiger partial charge in [-0.25, -0.2) is 4.68 Å². The Hall–Kier alpha value is -1.30. The molecule has 0 aliphatic carbocycles. The molecule has 14 heavy (non-hydrogen) atoms. The molecule has 5 N–H and O–H groups in total. The second-order valence-electron chi connectivity index (χ2n) is 3.64. The van der Waals surface area contributed by atoms with Crippen molar-refractivity contribution in [2.75, 3.05) is 18.1 Å². The van der Waals surface area contributed by atoms with E-state index in [1.807, 2.05) is 0 Å². The fourth-order valence-electron chi connectivity index (χ4n) is 1.80. The van der Waals surface area contributed by atoms with E-state index >= 15 is 0 Å². The molecule has 0 aromatic carbocycles. The Kier molecular flexibility index (Phi) is 2.53. The Labute approximate surface area is 82.6 Å². The molecule has 0 amide bonds. The van der Waals surface area contributed by atoms with Gasteiger partial charge in [0.2, 0.25) is 5.95 Å². The summed E-state index contributed by atoms with van der Waals surface area (Å²) in [4.78, 5) is 0. The average molecular weight is 196 g/mol. The second-order valence-corrected chi connectivity index (χ2v) is 3.64. The number of nitrogens with one attached hydrogen (secondary N) is 1. The molecule has 1 unspecified atom stereocenters. The SMILES string of the molecule is Nc1nnc(C2CCCCCN2)n1N. The Morgan fingerprint density at radius 2 is 2.14 bits per heavy atom. The number of hydrogen-bond acceptors (Lipinski definition) is 5. The van der Waals surface area contributed by atoms with E-state index in [9.17, 15) is 0 Å². The highest BCUT2D eigenvalue weighted by Crippen LogP contribution is 2.20. The summed E-state index contributed by atoms with van der Waals surface area (Å²) in [6.07, 6.45) is 4.72. The Bertz CT molecular complexity index is 299. The highest BCUT2D eigenvalue weighted by atomic mass is 15.5. The van der Waals surface area contributed by atoms with Crippen molar-refractivity contribution in [1.29, 1.82) is 0 Å². The van der Waals surface area contributed by atoms with E-state index in [-0.39, 0.29) is 12.0 Å². The van der Waals surface area contributed by atoms with Gasteiger partial charge >= 0.3 is 0 Å². The van der Waals surface area contributed by atoms with Gasteiger partial charge in [0.15, 0.2) is 5.82 Å². The zero-order valence-electron chi connectivity index (χ0n) is 8.11. The minimum Gasteiger partial charge on any atom is -0.366 e. The van der Waals surface area contributed by atoms with Crippen LogP contribution in [0.4, 0.5) is 5.95 Å². The molecule has 0 saturated carbocycles. The van der Waals surface area contributed by atoms with Gasteiger partial charge in [0.25, 0.3) is 0 Å². The number of nitrogens with zero attached hydrogens (tertiary/aromatic N) is 3. The van der Waals surface area contributed by atoms with Crippen LogP contribution in [0.1, 0.15) is 37.5 Å².